The molecule has 1 fully saturated rings. The third kappa shape index (κ3) is 3.05. The summed E-state index contributed by atoms with van der Waals surface area (Å²) >= 11 is 3.46. The molecule has 2 aromatic heterocycles. The number of aliphatic hydroxyl groups is 1. The molecule has 0 saturated carbocycles. The number of hydrogen-bond acceptors (Lipinski definition) is 5. The zero-order valence-electron chi connectivity index (χ0n) is 11.0. The summed E-state index contributed by atoms with van der Waals surface area (Å²) in [4.78, 5) is 8.35. The quantitative estimate of drug-likeness (QED) is 0.941. The Bertz CT molecular complexity index is 521. The lowest BCUT2D eigenvalue weighted by molar-refractivity contribution is 0.127. The van der Waals surface area contributed by atoms with Gasteiger partial charge in [-0.2, -0.15) is 0 Å². The Morgan fingerprint density at radius 2 is 2.42 bits per heavy atom. The summed E-state index contributed by atoms with van der Waals surface area (Å²) in [5, 5.41) is 15.0. The molecule has 0 amide bonds. The molecule has 0 spiro atoms. The smallest absolute Gasteiger partial charge is 0.133 e. The number of aliphatic hydroxyl groups excluding tert-OH is 1. The summed E-state index contributed by atoms with van der Waals surface area (Å²) in [6.45, 7) is 4.86. The Balaban J connectivity index is 1.62. The molecule has 0 aliphatic carbocycles. The van der Waals surface area contributed by atoms with E-state index in [0.29, 0.717) is 5.92 Å². The highest BCUT2D eigenvalue weighted by Gasteiger charge is 2.26. The molecule has 1 N–H and O–H groups in total. The summed E-state index contributed by atoms with van der Waals surface area (Å²) in [5.74, 6) is 0.426. The van der Waals surface area contributed by atoms with Crippen LogP contribution < -0.4 is 0 Å². The van der Waals surface area contributed by atoms with Crippen molar-refractivity contribution in [2.24, 2.45) is 5.92 Å². The predicted molar refractivity (Wildman–Crippen MR) is 80.5 cm³/mol. The minimum Gasteiger partial charge on any atom is -0.393 e. The summed E-state index contributed by atoms with van der Waals surface area (Å²) < 4.78 is 0. The van der Waals surface area contributed by atoms with E-state index < -0.39 is 0 Å². The van der Waals surface area contributed by atoms with Gasteiger partial charge in [0.05, 0.1) is 16.7 Å². The zero-order valence-corrected chi connectivity index (χ0v) is 12.6. The van der Waals surface area contributed by atoms with E-state index in [2.05, 4.69) is 27.8 Å². The minimum atomic E-state index is -0.192. The summed E-state index contributed by atoms with van der Waals surface area (Å²) in [6.07, 6.45) is 0.904. The normalized spacial score (nSPS) is 21.9. The molecule has 2 aromatic rings. The minimum absolute atomic E-state index is 0.192. The van der Waals surface area contributed by atoms with Crippen LogP contribution in [0.2, 0.25) is 0 Å². The Morgan fingerprint density at radius 3 is 3.11 bits per heavy atom. The lowest BCUT2D eigenvalue weighted by Gasteiger charge is -2.16. The van der Waals surface area contributed by atoms with Gasteiger partial charge in [-0.05, 0) is 37.3 Å². The van der Waals surface area contributed by atoms with Crippen LogP contribution in [0.25, 0.3) is 9.88 Å². The molecule has 0 aromatic carbocycles. The number of aromatic nitrogens is 1. The second-order valence-electron chi connectivity index (χ2n) is 5.15. The summed E-state index contributed by atoms with van der Waals surface area (Å²) in [7, 11) is 0. The van der Waals surface area contributed by atoms with E-state index in [1.807, 2.05) is 6.92 Å². The zero-order chi connectivity index (χ0) is 13.2. The van der Waals surface area contributed by atoms with Gasteiger partial charge in [-0.3, -0.25) is 4.90 Å². The van der Waals surface area contributed by atoms with Crippen molar-refractivity contribution in [1.82, 2.24) is 9.88 Å². The Hall–Kier alpha value is -0.750. The molecule has 3 heterocycles. The van der Waals surface area contributed by atoms with Crippen molar-refractivity contribution >= 4 is 22.7 Å². The average Bonchev–Trinajstić information content (AvgIpc) is 3.09. The maximum absolute atomic E-state index is 9.63. The largest absolute Gasteiger partial charge is 0.393 e. The monoisotopic (exact) mass is 294 g/mol. The van der Waals surface area contributed by atoms with Gasteiger partial charge in [0.2, 0.25) is 0 Å². The fraction of sp³-hybridized carbons (Fsp3) is 0.500. The highest BCUT2D eigenvalue weighted by atomic mass is 32.1. The van der Waals surface area contributed by atoms with Crippen LogP contribution in [0, 0.1) is 5.92 Å². The van der Waals surface area contributed by atoms with E-state index in [1.165, 1.54) is 4.88 Å². The van der Waals surface area contributed by atoms with Crippen LogP contribution in [0.5, 0.6) is 0 Å². The predicted octanol–water partition coefficient (Wildman–Crippen LogP) is 3.07. The highest BCUT2D eigenvalue weighted by molar-refractivity contribution is 7.20. The number of nitrogens with zero attached hydrogens (tertiary/aromatic N) is 2. The molecule has 2 atom stereocenters. The second-order valence-corrected chi connectivity index (χ2v) is 6.95. The third-order valence-electron chi connectivity index (χ3n) is 3.66. The topological polar surface area (TPSA) is 36.4 Å². The van der Waals surface area contributed by atoms with Gasteiger partial charge in [-0.25, -0.2) is 4.98 Å². The van der Waals surface area contributed by atoms with Gasteiger partial charge in [-0.15, -0.1) is 22.7 Å². The van der Waals surface area contributed by atoms with Crippen molar-refractivity contribution in [3.8, 4) is 9.88 Å². The molecule has 1 aliphatic heterocycles. The molecule has 1 aliphatic rings. The third-order valence-corrected chi connectivity index (χ3v) is 5.59. The van der Waals surface area contributed by atoms with Crippen LogP contribution in [0.4, 0.5) is 0 Å². The van der Waals surface area contributed by atoms with Crippen molar-refractivity contribution in [3.05, 3.63) is 28.6 Å². The summed E-state index contributed by atoms with van der Waals surface area (Å²) in [5.41, 5.74) is 1.15. The fourth-order valence-electron chi connectivity index (χ4n) is 2.52. The molecule has 0 radical (unpaired) electrons. The first kappa shape index (κ1) is 13.2. The lowest BCUT2D eigenvalue weighted by atomic mass is 10.0. The first-order chi connectivity index (χ1) is 9.22. The lowest BCUT2D eigenvalue weighted by Crippen LogP contribution is -2.24. The number of hydrogen-bond donors (Lipinski definition) is 1. The maximum atomic E-state index is 9.63. The molecule has 3 nitrogen and oxygen atoms in total. The Kier molecular flexibility index (Phi) is 3.98. The van der Waals surface area contributed by atoms with Gasteiger partial charge in [0.15, 0.2) is 0 Å². The molecular formula is C14H18N2OS2. The van der Waals surface area contributed by atoms with E-state index in [0.717, 1.165) is 36.8 Å². The molecule has 102 valence electrons. The van der Waals surface area contributed by atoms with Gasteiger partial charge in [0.1, 0.15) is 5.01 Å². The Labute approximate surface area is 121 Å². The van der Waals surface area contributed by atoms with Gasteiger partial charge in [0, 0.05) is 18.5 Å². The van der Waals surface area contributed by atoms with Crippen molar-refractivity contribution in [1.29, 1.82) is 0 Å². The van der Waals surface area contributed by atoms with Crippen LogP contribution in [0.15, 0.2) is 22.9 Å². The van der Waals surface area contributed by atoms with Crippen LogP contribution in [-0.2, 0) is 6.54 Å². The van der Waals surface area contributed by atoms with E-state index >= 15 is 0 Å². The van der Waals surface area contributed by atoms with Gasteiger partial charge in [-0.1, -0.05) is 6.07 Å². The van der Waals surface area contributed by atoms with Crippen LogP contribution in [0.3, 0.4) is 0 Å². The van der Waals surface area contributed by atoms with Gasteiger partial charge in [0.25, 0.3) is 0 Å². The molecule has 0 bridgehead atoms. The first-order valence-electron chi connectivity index (χ1n) is 6.61. The molecule has 2 unspecified atom stereocenters. The van der Waals surface area contributed by atoms with E-state index in [-0.39, 0.29) is 6.10 Å². The van der Waals surface area contributed by atoms with Crippen LogP contribution in [-0.4, -0.2) is 34.2 Å². The standard InChI is InChI=1S/C14H18N2OS2/c1-10(17)11-4-5-16(7-11)8-12-9-19-14(15-12)13-3-2-6-18-13/h2-3,6,9-11,17H,4-5,7-8H2,1H3. The molecular weight excluding hydrogens is 276 g/mol. The fourth-order valence-corrected chi connectivity index (χ4v) is 4.15. The van der Waals surface area contributed by atoms with Gasteiger partial charge < -0.3 is 5.11 Å². The van der Waals surface area contributed by atoms with Crippen LogP contribution in [0.1, 0.15) is 19.0 Å². The van der Waals surface area contributed by atoms with Crippen molar-refractivity contribution in [2.75, 3.05) is 13.1 Å². The Morgan fingerprint density at radius 1 is 1.53 bits per heavy atom. The molecule has 1 saturated heterocycles. The second kappa shape index (κ2) is 5.71. The number of thiazole rings is 1. The maximum Gasteiger partial charge on any atom is 0.133 e. The number of rotatable bonds is 4. The first-order valence-corrected chi connectivity index (χ1v) is 8.37. The number of thiophene rings is 1. The van der Waals surface area contributed by atoms with Crippen molar-refractivity contribution in [3.63, 3.8) is 0 Å². The molecule has 3 rings (SSSR count). The average molecular weight is 294 g/mol. The molecule has 19 heavy (non-hydrogen) atoms. The summed E-state index contributed by atoms with van der Waals surface area (Å²) in [6, 6.07) is 4.18. The SMILES string of the molecule is CC(O)C1CCN(Cc2csc(-c3cccs3)n2)C1. The van der Waals surface area contributed by atoms with Crippen LogP contribution >= 0.6 is 22.7 Å². The number of likely N-dealkylation sites (tertiary alicyclic amines) is 1. The molecule has 5 heteroatoms. The highest BCUT2D eigenvalue weighted by Crippen LogP contribution is 2.29. The van der Waals surface area contributed by atoms with Crippen molar-refractivity contribution < 1.29 is 5.11 Å². The van der Waals surface area contributed by atoms with E-state index in [1.54, 1.807) is 22.7 Å². The van der Waals surface area contributed by atoms with E-state index in [4.69, 9.17) is 4.98 Å². The van der Waals surface area contributed by atoms with E-state index in [9.17, 15) is 5.11 Å². The van der Waals surface area contributed by atoms with Gasteiger partial charge >= 0.3 is 0 Å². The van der Waals surface area contributed by atoms with Crippen molar-refractivity contribution in [2.45, 2.75) is 26.0 Å².